The third-order valence-electron chi connectivity index (χ3n) is 5.11. The number of hydrogen-bond acceptors (Lipinski definition) is 5. The minimum absolute atomic E-state index is 0.0564. The number of aromatic nitrogens is 2. The van der Waals surface area contributed by atoms with Crippen LogP contribution in [0.15, 0.2) is 54.6 Å². The number of benzene rings is 2. The fourth-order valence-corrected chi connectivity index (χ4v) is 4.56. The van der Waals surface area contributed by atoms with E-state index >= 15 is 0 Å². The maximum Gasteiger partial charge on any atom is 0.263 e. The molecule has 3 aromatic rings. The van der Waals surface area contributed by atoms with E-state index in [0.717, 1.165) is 34.7 Å². The second-order valence-corrected chi connectivity index (χ2v) is 8.65. The van der Waals surface area contributed by atoms with Crippen LogP contribution in [0.5, 0.6) is 5.75 Å². The Morgan fingerprint density at radius 1 is 1.09 bits per heavy atom. The van der Waals surface area contributed by atoms with E-state index in [2.05, 4.69) is 15.7 Å². The van der Waals surface area contributed by atoms with E-state index in [0.29, 0.717) is 18.1 Å². The summed E-state index contributed by atoms with van der Waals surface area (Å²) >= 11 is 1.74. The summed E-state index contributed by atoms with van der Waals surface area (Å²) in [6.07, 6.45) is 0.763. The van der Waals surface area contributed by atoms with Crippen LogP contribution in [-0.4, -0.2) is 34.7 Å². The van der Waals surface area contributed by atoms with Crippen molar-refractivity contribution in [3.8, 4) is 5.75 Å². The number of carbonyl (C=O) groups excluding carboxylic acids is 2. The molecule has 166 valence electrons. The number of nitrogens with one attached hydrogen (secondary N) is 2. The van der Waals surface area contributed by atoms with Crippen LogP contribution in [0, 0.1) is 6.92 Å². The van der Waals surface area contributed by atoms with Crippen molar-refractivity contribution in [3.05, 3.63) is 77.0 Å². The second kappa shape index (κ2) is 10.4. The molecule has 0 bridgehead atoms. The van der Waals surface area contributed by atoms with Crippen LogP contribution in [0.25, 0.3) is 0 Å². The van der Waals surface area contributed by atoms with E-state index in [-0.39, 0.29) is 25.0 Å². The van der Waals surface area contributed by atoms with Gasteiger partial charge in [0.1, 0.15) is 18.1 Å². The summed E-state index contributed by atoms with van der Waals surface area (Å²) in [4.78, 5) is 25.0. The van der Waals surface area contributed by atoms with Crippen LogP contribution < -0.4 is 15.4 Å². The molecule has 0 spiro atoms. The monoisotopic (exact) mass is 450 g/mol. The number of fused-ring (bicyclic) bond motifs is 1. The predicted molar refractivity (Wildman–Crippen MR) is 126 cm³/mol. The number of rotatable bonds is 9. The van der Waals surface area contributed by atoms with Crippen molar-refractivity contribution in [1.82, 2.24) is 15.1 Å². The van der Waals surface area contributed by atoms with Crippen LogP contribution in [0.4, 0.5) is 5.82 Å². The van der Waals surface area contributed by atoms with E-state index in [4.69, 9.17) is 4.74 Å². The minimum atomic E-state index is -0.281. The third kappa shape index (κ3) is 5.70. The lowest BCUT2D eigenvalue weighted by Gasteiger charge is -2.12. The highest BCUT2D eigenvalue weighted by atomic mass is 32.2. The zero-order valence-corrected chi connectivity index (χ0v) is 18.8. The van der Waals surface area contributed by atoms with Gasteiger partial charge in [0, 0.05) is 23.6 Å². The molecule has 2 aromatic carbocycles. The zero-order chi connectivity index (χ0) is 22.3. The van der Waals surface area contributed by atoms with Crippen LogP contribution in [0.3, 0.4) is 0 Å². The Morgan fingerprint density at radius 2 is 1.94 bits per heavy atom. The molecule has 0 saturated carbocycles. The minimum Gasteiger partial charge on any atom is -0.484 e. The highest BCUT2D eigenvalue weighted by molar-refractivity contribution is 7.98. The van der Waals surface area contributed by atoms with E-state index in [1.54, 1.807) is 16.4 Å². The lowest BCUT2D eigenvalue weighted by molar-refractivity contribution is -0.122. The average Bonchev–Trinajstić information content (AvgIpc) is 3.36. The number of hydrogen-bond donors (Lipinski definition) is 2. The normalized spacial score (nSPS) is 12.3. The average molecular weight is 451 g/mol. The smallest absolute Gasteiger partial charge is 0.263 e. The molecule has 8 heteroatoms. The van der Waals surface area contributed by atoms with Gasteiger partial charge in [0.25, 0.3) is 5.91 Å². The number of ether oxygens (including phenoxy) is 1. The van der Waals surface area contributed by atoms with Crippen molar-refractivity contribution in [2.24, 2.45) is 0 Å². The number of anilines is 1. The van der Waals surface area contributed by atoms with Gasteiger partial charge in [-0.2, -0.15) is 16.9 Å². The Hall–Kier alpha value is -3.26. The molecule has 1 aliphatic heterocycles. The second-order valence-electron chi connectivity index (χ2n) is 7.66. The van der Waals surface area contributed by atoms with Crippen molar-refractivity contribution < 1.29 is 14.3 Å². The van der Waals surface area contributed by atoms with Gasteiger partial charge in [0.2, 0.25) is 5.91 Å². The Kier molecular flexibility index (Phi) is 7.11. The zero-order valence-electron chi connectivity index (χ0n) is 18.0. The van der Waals surface area contributed by atoms with E-state index in [1.807, 2.05) is 61.5 Å². The molecule has 0 atom stereocenters. The molecule has 7 nitrogen and oxygen atoms in total. The van der Waals surface area contributed by atoms with Gasteiger partial charge in [-0.05, 0) is 36.6 Å². The van der Waals surface area contributed by atoms with Crippen molar-refractivity contribution in [2.75, 3.05) is 18.5 Å². The topological polar surface area (TPSA) is 85.2 Å². The fraction of sp³-hybridized carbons (Fsp3) is 0.292. The summed E-state index contributed by atoms with van der Waals surface area (Å²) in [6, 6.07) is 17.6. The molecule has 0 aliphatic carbocycles. The maximum atomic E-state index is 12.6. The molecule has 2 N–H and O–H groups in total. The first-order chi connectivity index (χ1) is 15.6. The Bertz CT molecular complexity index is 1100. The molecule has 1 aliphatic rings. The number of aryl methyl sites for hydroxylation is 1. The molecule has 0 fully saturated rings. The highest BCUT2D eigenvalue weighted by Gasteiger charge is 2.25. The summed E-state index contributed by atoms with van der Waals surface area (Å²) in [5, 5.41) is 10.4. The van der Waals surface area contributed by atoms with Crippen molar-refractivity contribution >= 4 is 29.4 Å². The predicted octanol–water partition coefficient (Wildman–Crippen LogP) is 3.31. The number of amides is 2. The molecular weight excluding hydrogens is 424 g/mol. The summed E-state index contributed by atoms with van der Waals surface area (Å²) < 4.78 is 7.20. The number of thioether (sulfide) groups is 1. The summed E-state index contributed by atoms with van der Waals surface area (Å²) in [6.45, 7) is 2.46. The summed E-state index contributed by atoms with van der Waals surface area (Å²) in [5.41, 5.74) is 4.14. The first kappa shape index (κ1) is 22.0. The standard InChI is InChI=1S/C24H26N4O3S/c1-17-6-5-9-19(12-17)31-14-23(30)26-24-20-15-32-16-21(20)27-28(24)13-22(29)25-11-10-18-7-3-2-4-8-18/h2-9,12H,10-11,13-16H2,1H3,(H,25,29)(H,26,30). The van der Waals surface area contributed by atoms with Gasteiger partial charge in [0.15, 0.2) is 6.61 Å². The lowest BCUT2D eigenvalue weighted by Crippen LogP contribution is -2.31. The van der Waals surface area contributed by atoms with Crippen LogP contribution in [-0.2, 0) is 34.1 Å². The SMILES string of the molecule is Cc1cccc(OCC(=O)Nc2c3c(nn2CC(=O)NCCc2ccccc2)CSC3)c1. The Morgan fingerprint density at radius 3 is 2.75 bits per heavy atom. The van der Waals surface area contributed by atoms with E-state index in [9.17, 15) is 9.59 Å². The van der Waals surface area contributed by atoms with Crippen LogP contribution in [0.2, 0.25) is 0 Å². The van der Waals surface area contributed by atoms with Gasteiger partial charge in [-0.15, -0.1) is 0 Å². The molecule has 0 radical (unpaired) electrons. The largest absolute Gasteiger partial charge is 0.484 e. The van der Waals surface area contributed by atoms with Crippen LogP contribution in [0.1, 0.15) is 22.4 Å². The lowest BCUT2D eigenvalue weighted by atomic mass is 10.1. The molecule has 2 heterocycles. The molecule has 0 saturated heterocycles. The molecular formula is C24H26N4O3S. The van der Waals surface area contributed by atoms with E-state index in [1.165, 1.54) is 5.56 Å². The fourth-order valence-electron chi connectivity index (χ4n) is 3.53. The molecule has 32 heavy (non-hydrogen) atoms. The summed E-state index contributed by atoms with van der Waals surface area (Å²) in [5.74, 6) is 2.35. The van der Waals surface area contributed by atoms with Gasteiger partial charge in [-0.1, -0.05) is 42.5 Å². The third-order valence-corrected chi connectivity index (χ3v) is 6.08. The van der Waals surface area contributed by atoms with E-state index < -0.39 is 0 Å². The molecule has 2 amide bonds. The van der Waals surface area contributed by atoms with Gasteiger partial charge >= 0.3 is 0 Å². The van der Waals surface area contributed by atoms with Gasteiger partial charge in [-0.25, -0.2) is 4.68 Å². The quantitative estimate of drug-likeness (QED) is 0.522. The number of carbonyl (C=O) groups is 2. The van der Waals surface area contributed by atoms with Crippen LogP contribution >= 0.6 is 11.8 Å². The first-order valence-corrected chi connectivity index (χ1v) is 11.7. The Balaban J connectivity index is 1.35. The van der Waals surface area contributed by atoms with Crippen molar-refractivity contribution in [1.29, 1.82) is 0 Å². The Labute approximate surface area is 191 Å². The van der Waals surface area contributed by atoms with Crippen molar-refractivity contribution in [2.45, 2.75) is 31.4 Å². The molecule has 1 aromatic heterocycles. The van der Waals surface area contributed by atoms with Gasteiger partial charge in [0.05, 0.1) is 5.69 Å². The highest BCUT2D eigenvalue weighted by Crippen LogP contribution is 2.34. The van der Waals surface area contributed by atoms with Crippen molar-refractivity contribution in [3.63, 3.8) is 0 Å². The number of nitrogens with zero attached hydrogens (tertiary/aromatic N) is 2. The molecule has 4 rings (SSSR count). The maximum absolute atomic E-state index is 12.6. The van der Waals surface area contributed by atoms with Gasteiger partial charge in [-0.3, -0.25) is 9.59 Å². The summed E-state index contributed by atoms with van der Waals surface area (Å²) in [7, 11) is 0. The van der Waals surface area contributed by atoms with Gasteiger partial charge < -0.3 is 15.4 Å². The molecule has 0 unspecified atom stereocenters. The first-order valence-electron chi connectivity index (χ1n) is 10.5.